The number of nitriles is 1. The third kappa shape index (κ3) is 1.56. The number of hydrogen-bond donors (Lipinski definition) is 0. The molecular formula is C8H9N2+. The monoisotopic (exact) mass is 133 g/mol. The van der Waals surface area contributed by atoms with Gasteiger partial charge in [0.05, 0.1) is 0 Å². The molecule has 10 heavy (non-hydrogen) atoms. The smallest absolute Gasteiger partial charge is 0.191 e. The summed E-state index contributed by atoms with van der Waals surface area (Å²) < 4.78 is 1.86. The first kappa shape index (κ1) is 6.76. The van der Waals surface area contributed by atoms with Gasteiger partial charge >= 0.3 is 0 Å². The van der Waals surface area contributed by atoms with E-state index in [1.54, 1.807) is 0 Å². The van der Waals surface area contributed by atoms with Gasteiger partial charge in [-0.25, -0.2) is 0 Å². The average Bonchev–Trinajstić information content (AvgIpc) is 1.88. The number of nitrogens with zero attached hydrogens (tertiary/aromatic N) is 2. The fourth-order valence-corrected chi connectivity index (χ4v) is 0.833. The van der Waals surface area contributed by atoms with Crippen molar-refractivity contribution < 1.29 is 4.57 Å². The molecule has 0 aliphatic heterocycles. The molecule has 0 amide bonds. The molecule has 0 fully saturated rings. The Morgan fingerprint density at radius 2 is 2.50 bits per heavy atom. The first-order valence-electron chi connectivity index (χ1n) is 3.15. The fourth-order valence-electron chi connectivity index (χ4n) is 0.833. The molecule has 0 saturated heterocycles. The Morgan fingerprint density at radius 1 is 1.70 bits per heavy atom. The van der Waals surface area contributed by atoms with Gasteiger partial charge in [-0.15, -0.1) is 0 Å². The highest BCUT2D eigenvalue weighted by atomic mass is 14.9. The Labute approximate surface area is 60.3 Å². The van der Waals surface area contributed by atoms with Crippen molar-refractivity contribution in [2.24, 2.45) is 0 Å². The number of rotatable bonds is 1. The van der Waals surface area contributed by atoms with Gasteiger partial charge in [0.2, 0.25) is 6.54 Å². The molecule has 0 atom stereocenters. The van der Waals surface area contributed by atoms with E-state index in [4.69, 9.17) is 5.26 Å². The highest BCUT2D eigenvalue weighted by Gasteiger charge is 1.95. The third-order valence-corrected chi connectivity index (χ3v) is 1.26. The molecule has 2 nitrogen and oxygen atoms in total. The first-order valence-corrected chi connectivity index (χ1v) is 3.15. The third-order valence-electron chi connectivity index (χ3n) is 1.26. The summed E-state index contributed by atoms with van der Waals surface area (Å²) >= 11 is 0. The van der Waals surface area contributed by atoms with Crippen molar-refractivity contribution >= 4 is 0 Å². The van der Waals surface area contributed by atoms with Gasteiger partial charge < -0.3 is 0 Å². The van der Waals surface area contributed by atoms with Gasteiger partial charge in [0, 0.05) is 11.6 Å². The van der Waals surface area contributed by atoms with Crippen LogP contribution in [0, 0.1) is 18.3 Å². The van der Waals surface area contributed by atoms with Crippen LogP contribution in [0.2, 0.25) is 0 Å². The van der Waals surface area contributed by atoms with Crippen LogP contribution in [0.1, 0.15) is 5.56 Å². The Morgan fingerprint density at radius 3 is 3.10 bits per heavy atom. The van der Waals surface area contributed by atoms with Gasteiger partial charge in [0.1, 0.15) is 6.07 Å². The number of hydrogen-bond acceptors (Lipinski definition) is 1. The van der Waals surface area contributed by atoms with E-state index >= 15 is 0 Å². The lowest BCUT2D eigenvalue weighted by atomic mass is 10.3. The summed E-state index contributed by atoms with van der Waals surface area (Å²) in [5.41, 5.74) is 1.18. The second-order valence-corrected chi connectivity index (χ2v) is 2.21. The summed E-state index contributed by atoms with van der Waals surface area (Å²) in [7, 11) is 0. The maximum Gasteiger partial charge on any atom is 0.233 e. The molecule has 1 heterocycles. The molecule has 1 aromatic heterocycles. The van der Waals surface area contributed by atoms with Crippen LogP contribution in [-0.2, 0) is 6.54 Å². The van der Waals surface area contributed by atoms with Crippen molar-refractivity contribution in [3.05, 3.63) is 30.1 Å². The lowest BCUT2D eigenvalue weighted by Gasteiger charge is -1.88. The number of aromatic nitrogens is 1. The Bertz CT molecular complexity index is 260. The van der Waals surface area contributed by atoms with Crippen LogP contribution in [0.15, 0.2) is 24.5 Å². The minimum Gasteiger partial charge on any atom is -0.191 e. The lowest BCUT2D eigenvalue weighted by molar-refractivity contribution is -0.685. The molecule has 0 unspecified atom stereocenters. The first-order chi connectivity index (χ1) is 4.83. The maximum atomic E-state index is 8.34. The van der Waals surface area contributed by atoms with Gasteiger partial charge in [-0.3, -0.25) is 0 Å². The molecule has 0 N–H and O–H groups in total. The van der Waals surface area contributed by atoms with Gasteiger partial charge in [0.25, 0.3) is 0 Å². The van der Waals surface area contributed by atoms with Crippen molar-refractivity contribution in [3.63, 3.8) is 0 Å². The molecule has 50 valence electrons. The largest absolute Gasteiger partial charge is 0.233 e. The molecule has 0 aliphatic rings. The van der Waals surface area contributed by atoms with Gasteiger partial charge in [-0.2, -0.15) is 9.83 Å². The van der Waals surface area contributed by atoms with Crippen LogP contribution in [0.3, 0.4) is 0 Å². The molecule has 0 aromatic carbocycles. The quantitative estimate of drug-likeness (QED) is 0.521. The van der Waals surface area contributed by atoms with Crippen LogP contribution in [0.5, 0.6) is 0 Å². The molecule has 0 bridgehead atoms. The minimum absolute atomic E-state index is 0.432. The van der Waals surface area contributed by atoms with Crippen molar-refractivity contribution in [2.75, 3.05) is 0 Å². The zero-order valence-corrected chi connectivity index (χ0v) is 5.91. The summed E-state index contributed by atoms with van der Waals surface area (Å²) in [6.07, 6.45) is 3.83. The zero-order valence-electron chi connectivity index (χ0n) is 5.91. The predicted octanol–water partition coefficient (Wildman–Crippen LogP) is 0.806. The second-order valence-electron chi connectivity index (χ2n) is 2.21. The minimum atomic E-state index is 0.432. The van der Waals surface area contributed by atoms with Crippen molar-refractivity contribution in [1.82, 2.24) is 0 Å². The zero-order chi connectivity index (χ0) is 7.40. The van der Waals surface area contributed by atoms with Crippen LogP contribution < -0.4 is 4.57 Å². The van der Waals surface area contributed by atoms with E-state index in [-0.39, 0.29) is 0 Å². The summed E-state index contributed by atoms with van der Waals surface area (Å²) in [6, 6.07) is 6.02. The van der Waals surface area contributed by atoms with Crippen LogP contribution >= 0.6 is 0 Å². The van der Waals surface area contributed by atoms with Crippen molar-refractivity contribution in [3.8, 4) is 6.07 Å². The summed E-state index contributed by atoms with van der Waals surface area (Å²) in [4.78, 5) is 0. The fraction of sp³-hybridized carbons (Fsp3) is 0.250. The van der Waals surface area contributed by atoms with Crippen molar-refractivity contribution in [1.29, 1.82) is 5.26 Å². The van der Waals surface area contributed by atoms with Gasteiger partial charge in [-0.05, 0) is 13.0 Å². The Kier molecular flexibility index (Phi) is 2.01. The van der Waals surface area contributed by atoms with Gasteiger partial charge in [0.15, 0.2) is 12.4 Å². The topological polar surface area (TPSA) is 27.7 Å². The van der Waals surface area contributed by atoms with Crippen LogP contribution in [-0.4, -0.2) is 0 Å². The van der Waals surface area contributed by atoms with E-state index in [0.717, 1.165) is 0 Å². The van der Waals surface area contributed by atoms with Gasteiger partial charge in [-0.1, -0.05) is 0 Å². The summed E-state index contributed by atoms with van der Waals surface area (Å²) in [6.45, 7) is 2.44. The second kappa shape index (κ2) is 2.98. The van der Waals surface area contributed by atoms with E-state index in [1.807, 2.05) is 36.0 Å². The Balaban J connectivity index is 2.87. The number of pyridine rings is 1. The maximum absolute atomic E-state index is 8.34. The van der Waals surface area contributed by atoms with E-state index in [0.29, 0.717) is 6.54 Å². The van der Waals surface area contributed by atoms with E-state index < -0.39 is 0 Å². The molecule has 0 aliphatic carbocycles. The highest BCUT2D eigenvalue weighted by Crippen LogP contribution is 1.88. The lowest BCUT2D eigenvalue weighted by Crippen LogP contribution is -2.31. The summed E-state index contributed by atoms with van der Waals surface area (Å²) in [5.74, 6) is 0. The predicted molar refractivity (Wildman–Crippen MR) is 37.0 cm³/mol. The molecule has 1 rings (SSSR count). The molecule has 0 spiro atoms. The Hall–Kier alpha value is -1.36. The van der Waals surface area contributed by atoms with Crippen molar-refractivity contribution in [2.45, 2.75) is 13.5 Å². The molecular weight excluding hydrogens is 124 g/mol. The summed E-state index contributed by atoms with van der Waals surface area (Å²) in [5, 5.41) is 8.34. The normalized spacial score (nSPS) is 8.80. The highest BCUT2D eigenvalue weighted by molar-refractivity contribution is 5.01. The van der Waals surface area contributed by atoms with E-state index in [9.17, 15) is 0 Å². The SMILES string of the molecule is Cc1ccc[n+](CC#N)c1. The van der Waals surface area contributed by atoms with Crippen LogP contribution in [0.4, 0.5) is 0 Å². The average molecular weight is 133 g/mol. The molecule has 0 radical (unpaired) electrons. The number of aryl methyl sites for hydroxylation is 1. The standard InChI is InChI=1S/C8H9N2/c1-8-3-2-5-10(7-8)6-4-9/h2-3,5,7H,6H2,1H3/q+1. The molecule has 2 heteroatoms. The van der Waals surface area contributed by atoms with E-state index in [2.05, 4.69) is 6.07 Å². The van der Waals surface area contributed by atoms with E-state index in [1.165, 1.54) is 5.56 Å². The van der Waals surface area contributed by atoms with Crippen LogP contribution in [0.25, 0.3) is 0 Å². The molecule has 0 saturated carbocycles. The molecule has 1 aromatic rings.